The molecule has 2 aromatic rings. The molecule has 5 heteroatoms. The molecule has 23 heavy (non-hydrogen) atoms. The van der Waals surface area contributed by atoms with E-state index in [2.05, 4.69) is 5.32 Å². The number of amides is 1. The van der Waals surface area contributed by atoms with Gasteiger partial charge in [-0.3, -0.25) is 4.79 Å². The normalized spacial score (nSPS) is 9.83. The summed E-state index contributed by atoms with van der Waals surface area (Å²) in [5.41, 5.74) is 2.65. The number of carbonyl (C=O) groups excluding carboxylic acids is 1. The van der Waals surface area contributed by atoms with Crippen LogP contribution >= 0.6 is 0 Å². The second kappa shape index (κ2) is 7.32. The Morgan fingerprint density at radius 2 is 2.00 bits per heavy atom. The van der Waals surface area contributed by atoms with Crippen LogP contribution in [-0.4, -0.2) is 20.1 Å². The van der Waals surface area contributed by atoms with Crippen molar-refractivity contribution < 1.29 is 14.3 Å². The van der Waals surface area contributed by atoms with Gasteiger partial charge >= 0.3 is 0 Å². The number of carbonyl (C=O) groups is 1. The monoisotopic (exact) mass is 310 g/mol. The van der Waals surface area contributed by atoms with Gasteiger partial charge in [0.2, 0.25) is 0 Å². The lowest BCUT2D eigenvalue weighted by Crippen LogP contribution is -2.23. The Kier molecular flexibility index (Phi) is 5.21. The van der Waals surface area contributed by atoms with E-state index in [4.69, 9.17) is 14.7 Å². The van der Waals surface area contributed by atoms with Gasteiger partial charge in [0, 0.05) is 23.2 Å². The van der Waals surface area contributed by atoms with Crippen LogP contribution in [0.4, 0.5) is 0 Å². The zero-order valence-corrected chi connectivity index (χ0v) is 13.3. The lowest BCUT2D eigenvalue weighted by Gasteiger charge is -2.15. The summed E-state index contributed by atoms with van der Waals surface area (Å²) in [6.07, 6.45) is 0. The van der Waals surface area contributed by atoms with Gasteiger partial charge in [0.15, 0.2) is 0 Å². The average molecular weight is 310 g/mol. The molecule has 0 atom stereocenters. The summed E-state index contributed by atoms with van der Waals surface area (Å²) in [4.78, 5) is 12.2. The lowest BCUT2D eigenvalue weighted by atomic mass is 10.1. The fourth-order valence-corrected chi connectivity index (χ4v) is 2.38. The van der Waals surface area contributed by atoms with Crippen LogP contribution in [0.1, 0.15) is 27.0 Å². The highest BCUT2D eigenvalue weighted by molar-refractivity contribution is 5.94. The van der Waals surface area contributed by atoms with Crippen LogP contribution in [0, 0.1) is 18.3 Å². The summed E-state index contributed by atoms with van der Waals surface area (Å²) in [5, 5.41) is 11.7. The van der Waals surface area contributed by atoms with Crippen LogP contribution in [0.25, 0.3) is 0 Å². The molecule has 0 heterocycles. The van der Waals surface area contributed by atoms with E-state index < -0.39 is 0 Å². The number of benzene rings is 2. The molecule has 0 aliphatic heterocycles. The first kappa shape index (κ1) is 16.4. The number of ether oxygens (including phenoxy) is 2. The van der Waals surface area contributed by atoms with Gasteiger partial charge in [0.05, 0.1) is 25.9 Å². The van der Waals surface area contributed by atoms with E-state index in [1.807, 2.05) is 25.1 Å². The smallest absolute Gasteiger partial charge is 0.251 e. The Labute approximate surface area is 135 Å². The maximum Gasteiger partial charge on any atom is 0.251 e. The molecular weight excluding hydrogens is 292 g/mol. The minimum atomic E-state index is -0.238. The summed E-state index contributed by atoms with van der Waals surface area (Å²) in [7, 11) is 3.19. The number of methoxy groups -OCH3 is 2. The molecule has 0 aromatic heterocycles. The molecule has 118 valence electrons. The molecule has 0 unspecified atom stereocenters. The summed E-state index contributed by atoms with van der Waals surface area (Å²) in [5.74, 6) is 1.19. The van der Waals surface area contributed by atoms with Crippen molar-refractivity contribution in [2.45, 2.75) is 13.5 Å². The highest BCUT2D eigenvalue weighted by Gasteiger charge is 2.13. The maximum absolute atomic E-state index is 12.2. The molecule has 2 rings (SSSR count). The lowest BCUT2D eigenvalue weighted by molar-refractivity contribution is 0.0950. The number of nitrogens with zero attached hydrogens (tertiary/aromatic N) is 1. The second-order valence-corrected chi connectivity index (χ2v) is 4.96. The van der Waals surface area contributed by atoms with Crippen molar-refractivity contribution in [2.75, 3.05) is 14.2 Å². The van der Waals surface area contributed by atoms with Gasteiger partial charge < -0.3 is 14.8 Å². The Balaban J connectivity index is 2.16. The second-order valence-electron chi connectivity index (χ2n) is 4.96. The molecule has 5 nitrogen and oxygen atoms in total. The molecule has 1 N–H and O–H groups in total. The fourth-order valence-electron chi connectivity index (χ4n) is 2.38. The molecule has 0 saturated carbocycles. The molecule has 0 aliphatic carbocycles. The number of rotatable bonds is 5. The van der Waals surface area contributed by atoms with Crippen molar-refractivity contribution in [1.82, 2.24) is 5.32 Å². The van der Waals surface area contributed by atoms with E-state index in [0.717, 1.165) is 16.9 Å². The third-order valence-electron chi connectivity index (χ3n) is 3.56. The van der Waals surface area contributed by atoms with Gasteiger partial charge in [-0.05, 0) is 37.3 Å². The van der Waals surface area contributed by atoms with Crippen molar-refractivity contribution in [3.05, 3.63) is 58.7 Å². The topological polar surface area (TPSA) is 71.3 Å². The van der Waals surface area contributed by atoms with E-state index in [0.29, 0.717) is 23.4 Å². The summed E-state index contributed by atoms with van der Waals surface area (Å²) in [6.45, 7) is 2.23. The Bertz CT molecular complexity index is 763. The van der Waals surface area contributed by atoms with Gasteiger partial charge in [0.1, 0.15) is 11.5 Å². The van der Waals surface area contributed by atoms with E-state index in [-0.39, 0.29) is 5.91 Å². The average Bonchev–Trinajstić information content (AvgIpc) is 2.59. The first-order valence-electron chi connectivity index (χ1n) is 7.09. The predicted octanol–water partition coefficient (Wildman–Crippen LogP) is 2.81. The van der Waals surface area contributed by atoms with Crippen molar-refractivity contribution in [1.29, 1.82) is 5.26 Å². The Morgan fingerprint density at radius 3 is 2.65 bits per heavy atom. The number of nitrogens with one attached hydrogen (secondary N) is 1. The first-order valence-corrected chi connectivity index (χ1v) is 7.09. The Morgan fingerprint density at radius 1 is 1.22 bits per heavy atom. The minimum absolute atomic E-state index is 0.238. The number of hydrogen-bond acceptors (Lipinski definition) is 4. The molecule has 0 aliphatic rings. The SMILES string of the molecule is COc1ccc(CNC(=O)c2cccc(C#N)c2)c(OC)c1C. The summed E-state index contributed by atoms with van der Waals surface area (Å²) < 4.78 is 10.7. The van der Waals surface area contributed by atoms with Crippen molar-refractivity contribution in [2.24, 2.45) is 0 Å². The van der Waals surface area contributed by atoms with Crippen LogP contribution in [0.3, 0.4) is 0 Å². The van der Waals surface area contributed by atoms with Gasteiger partial charge in [-0.15, -0.1) is 0 Å². The highest BCUT2D eigenvalue weighted by atomic mass is 16.5. The van der Waals surface area contributed by atoms with E-state index in [1.54, 1.807) is 38.5 Å². The van der Waals surface area contributed by atoms with Gasteiger partial charge in [0.25, 0.3) is 5.91 Å². The molecule has 1 amide bonds. The zero-order valence-electron chi connectivity index (χ0n) is 13.3. The van der Waals surface area contributed by atoms with Crippen LogP contribution in [0.5, 0.6) is 11.5 Å². The van der Waals surface area contributed by atoms with Crippen LogP contribution in [0.15, 0.2) is 36.4 Å². The third kappa shape index (κ3) is 3.61. The molecular formula is C18H18N2O3. The summed E-state index contributed by atoms with van der Waals surface area (Å²) >= 11 is 0. The standard InChI is InChI=1S/C18H18N2O3/c1-12-16(22-2)8-7-15(17(12)23-3)11-20-18(21)14-6-4-5-13(9-14)10-19/h4-9H,11H2,1-3H3,(H,20,21). The number of nitriles is 1. The molecule has 0 fully saturated rings. The molecule has 0 saturated heterocycles. The zero-order chi connectivity index (χ0) is 16.8. The van der Waals surface area contributed by atoms with Crippen molar-refractivity contribution in [3.8, 4) is 17.6 Å². The van der Waals surface area contributed by atoms with Crippen molar-refractivity contribution >= 4 is 5.91 Å². The van der Waals surface area contributed by atoms with E-state index in [9.17, 15) is 4.79 Å². The molecule has 0 spiro atoms. The number of hydrogen-bond donors (Lipinski definition) is 1. The molecule has 0 radical (unpaired) electrons. The quantitative estimate of drug-likeness (QED) is 0.922. The van der Waals surface area contributed by atoms with Crippen molar-refractivity contribution in [3.63, 3.8) is 0 Å². The van der Waals surface area contributed by atoms with Gasteiger partial charge in [-0.1, -0.05) is 6.07 Å². The fraction of sp³-hybridized carbons (Fsp3) is 0.222. The highest BCUT2D eigenvalue weighted by Crippen LogP contribution is 2.31. The molecule has 2 aromatic carbocycles. The predicted molar refractivity (Wildman–Crippen MR) is 86.6 cm³/mol. The van der Waals surface area contributed by atoms with E-state index in [1.165, 1.54) is 0 Å². The van der Waals surface area contributed by atoms with Gasteiger partial charge in [-0.25, -0.2) is 0 Å². The molecule has 0 bridgehead atoms. The third-order valence-corrected chi connectivity index (χ3v) is 3.56. The van der Waals surface area contributed by atoms with Crippen LogP contribution < -0.4 is 14.8 Å². The van der Waals surface area contributed by atoms with Gasteiger partial charge in [-0.2, -0.15) is 5.26 Å². The summed E-state index contributed by atoms with van der Waals surface area (Å²) in [6, 6.07) is 12.3. The largest absolute Gasteiger partial charge is 0.496 e. The van der Waals surface area contributed by atoms with E-state index >= 15 is 0 Å². The minimum Gasteiger partial charge on any atom is -0.496 e. The van der Waals surface area contributed by atoms with Crippen LogP contribution in [-0.2, 0) is 6.54 Å². The first-order chi connectivity index (χ1) is 11.1. The van der Waals surface area contributed by atoms with Crippen LogP contribution in [0.2, 0.25) is 0 Å². The Hall–Kier alpha value is -3.00. The maximum atomic E-state index is 12.2.